The number of benzene rings is 1. The third-order valence-electron chi connectivity index (χ3n) is 5.28. The van der Waals surface area contributed by atoms with E-state index in [2.05, 4.69) is 36.3 Å². The number of halogens is 2. The first-order valence-electron chi connectivity index (χ1n) is 10.0. The predicted octanol–water partition coefficient (Wildman–Crippen LogP) is 4.76. The van der Waals surface area contributed by atoms with Gasteiger partial charge in [-0.3, -0.25) is 14.6 Å². The third-order valence-corrected chi connectivity index (χ3v) is 6.10. The first kappa shape index (κ1) is 20.7. The number of aromatic amines is 1. The fourth-order valence-electron chi connectivity index (χ4n) is 3.72. The molecule has 1 aliphatic carbocycles. The number of fused-ring (bicyclic) bond motifs is 1. The van der Waals surface area contributed by atoms with Gasteiger partial charge in [0.2, 0.25) is 5.95 Å². The van der Waals surface area contributed by atoms with Crippen molar-refractivity contribution in [3.63, 3.8) is 0 Å². The van der Waals surface area contributed by atoms with Crippen LogP contribution in [0.5, 0.6) is 0 Å². The Bertz CT molecular complexity index is 1380. The smallest absolute Gasteiger partial charge is 0.258 e. The summed E-state index contributed by atoms with van der Waals surface area (Å²) in [7, 11) is 0. The zero-order chi connectivity index (χ0) is 22.2. The summed E-state index contributed by atoms with van der Waals surface area (Å²) in [5.41, 5.74) is 2.06. The molecule has 5 rings (SSSR count). The van der Waals surface area contributed by atoms with Crippen LogP contribution in [0.1, 0.15) is 34.5 Å². The van der Waals surface area contributed by atoms with E-state index in [0.29, 0.717) is 39.8 Å². The molecule has 8 nitrogen and oxygen atoms in total. The highest BCUT2D eigenvalue weighted by Gasteiger charge is 2.21. The number of nitrogens with one attached hydrogen (secondary N) is 2. The van der Waals surface area contributed by atoms with Crippen molar-refractivity contribution in [3.8, 4) is 17.4 Å². The van der Waals surface area contributed by atoms with Crippen molar-refractivity contribution in [2.75, 3.05) is 5.32 Å². The number of amides is 1. The van der Waals surface area contributed by atoms with E-state index >= 15 is 0 Å². The molecule has 0 saturated heterocycles. The normalized spacial score (nSPS) is 13.1. The lowest BCUT2D eigenvalue weighted by Gasteiger charge is -2.15. The minimum Gasteiger partial charge on any atom is -0.463 e. The van der Waals surface area contributed by atoms with Crippen LogP contribution < -0.4 is 10.9 Å². The zero-order valence-corrected chi connectivity index (χ0v) is 19.0. The molecule has 0 unspecified atom stereocenters. The molecule has 0 aliphatic heterocycles. The number of hydrogen-bond acceptors (Lipinski definition) is 5. The molecule has 0 fully saturated rings. The topological polar surface area (TPSA) is 106 Å². The van der Waals surface area contributed by atoms with E-state index in [1.54, 1.807) is 36.4 Å². The van der Waals surface area contributed by atoms with E-state index in [4.69, 9.17) is 16.0 Å². The Kier molecular flexibility index (Phi) is 5.44. The Morgan fingerprint density at radius 2 is 2.06 bits per heavy atom. The van der Waals surface area contributed by atoms with Crippen molar-refractivity contribution < 1.29 is 9.21 Å². The van der Waals surface area contributed by atoms with Gasteiger partial charge in [-0.25, -0.2) is 4.98 Å². The van der Waals surface area contributed by atoms with Gasteiger partial charge >= 0.3 is 0 Å². The van der Waals surface area contributed by atoms with E-state index in [9.17, 15) is 9.59 Å². The molecule has 0 saturated carbocycles. The number of aromatic nitrogens is 4. The number of furan rings is 1. The monoisotopic (exact) mass is 513 g/mol. The maximum absolute atomic E-state index is 13.0. The highest BCUT2D eigenvalue weighted by atomic mass is 79.9. The molecule has 0 spiro atoms. The molecule has 10 heteroatoms. The molecule has 1 aromatic carbocycles. The fraction of sp³-hybridized carbons (Fsp3) is 0.182. The maximum atomic E-state index is 13.0. The molecule has 4 aromatic rings. The quantitative estimate of drug-likeness (QED) is 0.408. The van der Waals surface area contributed by atoms with Crippen LogP contribution in [-0.2, 0) is 12.8 Å². The summed E-state index contributed by atoms with van der Waals surface area (Å²) in [6, 6.07) is 10.2. The Hall–Kier alpha value is -3.17. The van der Waals surface area contributed by atoms with E-state index < -0.39 is 5.91 Å². The van der Waals surface area contributed by atoms with E-state index in [0.717, 1.165) is 29.4 Å². The average Bonchev–Trinajstić information content (AvgIpc) is 3.45. The van der Waals surface area contributed by atoms with Crippen LogP contribution in [0.4, 0.5) is 5.82 Å². The van der Waals surface area contributed by atoms with Crippen LogP contribution in [0, 0.1) is 0 Å². The lowest BCUT2D eigenvalue weighted by Crippen LogP contribution is -2.24. The molecule has 32 heavy (non-hydrogen) atoms. The SMILES string of the molecule is O=C(Nc1cc(-c2ccco2)nn1-c1nc2c(c(=O)[nH]1)CCCC2)c1cc(Br)ccc1Cl. The summed E-state index contributed by atoms with van der Waals surface area (Å²) in [6.45, 7) is 0. The summed E-state index contributed by atoms with van der Waals surface area (Å²) >= 11 is 9.58. The molecular formula is C22H17BrClN5O3. The van der Waals surface area contributed by atoms with Crippen molar-refractivity contribution in [1.29, 1.82) is 0 Å². The molecule has 0 radical (unpaired) electrons. The van der Waals surface area contributed by atoms with Gasteiger partial charge in [-0.1, -0.05) is 27.5 Å². The average molecular weight is 515 g/mol. The van der Waals surface area contributed by atoms with Crippen LogP contribution in [0.3, 0.4) is 0 Å². The zero-order valence-electron chi connectivity index (χ0n) is 16.7. The molecule has 1 aliphatic rings. The highest BCUT2D eigenvalue weighted by Crippen LogP contribution is 2.27. The van der Waals surface area contributed by atoms with Crippen LogP contribution >= 0.6 is 27.5 Å². The summed E-state index contributed by atoms with van der Waals surface area (Å²) in [6.07, 6.45) is 4.92. The van der Waals surface area contributed by atoms with Gasteiger partial charge in [0.25, 0.3) is 11.5 Å². The Morgan fingerprint density at radius 3 is 2.88 bits per heavy atom. The van der Waals surface area contributed by atoms with Crippen molar-refractivity contribution in [1.82, 2.24) is 19.7 Å². The largest absolute Gasteiger partial charge is 0.463 e. The molecule has 0 bridgehead atoms. The standard InChI is InChI=1S/C22H17BrClN5O3/c23-12-7-8-15(24)14(10-12)21(31)26-19-11-17(18-6-3-9-32-18)28-29(19)22-25-16-5-2-1-4-13(16)20(30)27-22/h3,6-11H,1-2,4-5H2,(H,26,31)(H,25,27,30). The summed E-state index contributed by atoms with van der Waals surface area (Å²) < 4.78 is 7.57. The summed E-state index contributed by atoms with van der Waals surface area (Å²) in [5.74, 6) is 0.629. The molecule has 0 atom stereocenters. The lowest BCUT2D eigenvalue weighted by atomic mass is 9.97. The van der Waals surface area contributed by atoms with Crippen molar-refractivity contribution in [2.24, 2.45) is 0 Å². The van der Waals surface area contributed by atoms with E-state index in [-0.39, 0.29) is 11.5 Å². The number of carbonyl (C=O) groups excluding carboxylic acids is 1. The van der Waals surface area contributed by atoms with Crippen LogP contribution in [-0.4, -0.2) is 25.7 Å². The lowest BCUT2D eigenvalue weighted by molar-refractivity contribution is 0.102. The van der Waals surface area contributed by atoms with Gasteiger partial charge in [-0.2, -0.15) is 9.78 Å². The molecule has 3 heterocycles. The first-order chi connectivity index (χ1) is 15.5. The van der Waals surface area contributed by atoms with E-state index in [1.807, 2.05) is 0 Å². The second kappa shape index (κ2) is 8.40. The van der Waals surface area contributed by atoms with Crippen LogP contribution in [0.25, 0.3) is 17.4 Å². The maximum Gasteiger partial charge on any atom is 0.258 e. The van der Waals surface area contributed by atoms with Crippen LogP contribution in [0.2, 0.25) is 5.02 Å². The van der Waals surface area contributed by atoms with Gasteiger partial charge < -0.3 is 9.73 Å². The number of H-pyrrole nitrogens is 1. The minimum absolute atomic E-state index is 0.188. The molecule has 1 amide bonds. The Balaban J connectivity index is 1.60. The summed E-state index contributed by atoms with van der Waals surface area (Å²) in [5, 5.41) is 7.67. The first-order valence-corrected chi connectivity index (χ1v) is 11.2. The number of carbonyl (C=O) groups is 1. The van der Waals surface area contributed by atoms with E-state index in [1.165, 1.54) is 10.9 Å². The third kappa shape index (κ3) is 3.89. The highest BCUT2D eigenvalue weighted by molar-refractivity contribution is 9.10. The van der Waals surface area contributed by atoms with Crippen molar-refractivity contribution in [2.45, 2.75) is 25.7 Å². The number of aryl methyl sites for hydroxylation is 1. The molecule has 2 N–H and O–H groups in total. The molecular weight excluding hydrogens is 498 g/mol. The van der Waals surface area contributed by atoms with Gasteiger partial charge in [0.05, 0.1) is 22.5 Å². The van der Waals surface area contributed by atoms with Gasteiger partial charge in [-0.05, 0) is 56.0 Å². The summed E-state index contributed by atoms with van der Waals surface area (Å²) in [4.78, 5) is 33.1. The predicted molar refractivity (Wildman–Crippen MR) is 123 cm³/mol. The minimum atomic E-state index is -0.427. The fourth-order valence-corrected chi connectivity index (χ4v) is 4.29. The Morgan fingerprint density at radius 1 is 1.22 bits per heavy atom. The number of anilines is 1. The van der Waals surface area contributed by atoms with Gasteiger partial charge in [0, 0.05) is 16.1 Å². The number of rotatable bonds is 4. The van der Waals surface area contributed by atoms with Gasteiger partial charge in [-0.15, -0.1) is 0 Å². The number of nitrogens with zero attached hydrogens (tertiary/aromatic N) is 3. The van der Waals surface area contributed by atoms with Gasteiger partial charge in [0.1, 0.15) is 11.5 Å². The second-order valence-corrected chi connectivity index (χ2v) is 8.73. The van der Waals surface area contributed by atoms with Crippen molar-refractivity contribution in [3.05, 3.63) is 79.3 Å². The molecule has 3 aromatic heterocycles. The molecule has 162 valence electrons. The van der Waals surface area contributed by atoms with Crippen LogP contribution in [0.15, 0.2) is 56.3 Å². The Labute approximate surface area is 195 Å². The van der Waals surface area contributed by atoms with Gasteiger partial charge in [0.15, 0.2) is 5.76 Å². The second-order valence-electron chi connectivity index (χ2n) is 7.40. The van der Waals surface area contributed by atoms with Crippen molar-refractivity contribution >= 4 is 39.3 Å². The number of hydrogen-bond donors (Lipinski definition) is 2.